The van der Waals surface area contributed by atoms with Crippen molar-refractivity contribution < 1.29 is 12.8 Å². The SMILES string of the molecule is CN=C(NCCc1cccnc1)NCc1cc(F)ccc1CS(C)(=O)=O. The Labute approximate surface area is 153 Å². The summed E-state index contributed by atoms with van der Waals surface area (Å²) in [5, 5.41) is 6.26. The molecular weight excluding hydrogens is 355 g/mol. The van der Waals surface area contributed by atoms with Crippen molar-refractivity contribution in [1.82, 2.24) is 15.6 Å². The number of sulfone groups is 1. The van der Waals surface area contributed by atoms with E-state index in [1.165, 1.54) is 18.2 Å². The highest BCUT2D eigenvalue weighted by Crippen LogP contribution is 2.14. The number of guanidine groups is 1. The first-order valence-corrected chi connectivity index (χ1v) is 10.2. The normalized spacial score (nSPS) is 12.0. The summed E-state index contributed by atoms with van der Waals surface area (Å²) in [7, 11) is -1.56. The zero-order valence-electron chi connectivity index (χ0n) is 14.9. The van der Waals surface area contributed by atoms with Crippen molar-refractivity contribution in [2.24, 2.45) is 4.99 Å². The molecule has 0 aliphatic carbocycles. The summed E-state index contributed by atoms with van der Waals surface area (Å²) in [5.41, 5.74) is 2.27. The number of aromatic nitrogens is 1. The summed E-state index contributed by atoms with van der Waals surface area (Å²) in [5.74, 6) is 0.0270. The van der Waals surface area contributed by atoms with Gasteiger partial charge >= 0.3 is 0 Å². The van der Waals surface area contributed by atoms with Crippen molar-refractivity contribution >= 4 is 15.8 Å². The zero-order valence-corrected chi connectivity index (χ0v) is 15.7. The molecule has 0 radical (unpaired) electrons. The molecule has 0 spiro atoms. The maximum atomic E-state index is 13.5. The quantitative estimate of drug-likeness (QED) is 0.566. The lowest BCUT2D eigenvalue weighted by atomic mass is 10.1. The lowest BCUT2D eigenvalue weighted by Crippen LogP contribution is -2.38. The van der Waals surface area contributed by atoms with Gasteiger partial charge < -0.3 is 10.6 Å². The fourth-order valence-corrected chi connectivity index (χ4v) is 3.30. The van der Waals surface area contributed by atoms with Gasteiger partial charge in [-0.2, -0.15) is 0 Å². The van der Waals surface area contributed by atoms with Crippen molar-refractivity contribution in [1.29, 1.82) is 0 Å². The number of rotatable bonds is 7. The Bertz CT molecular complexity index is 855. The molecule has 8 heteroatoms. The number of benzene rings is 1. The first-order chi connectivity index (χ1) is 12.4. The molecule has 1 aromatic heterocycles. The molecule has 6 nitrogen and oxygen atoms in total. The summed E-state index contributed by atoms with van der Waals surface area (Å²) in [6, 6.07) is 8.00. The van der Waals surface area contributed by atoms with Gasteiger partial charge in [0.15, 0.2) is 15.8 Å². The third-order valence-corrected chi connectivity index (χ3v) is 4.52. The monoisotopic (exact) mass is 378 g/mol. The summed E-state index contributed by atoms with van der Waals surface area (Å²) >= 11 is 0. The molecular formula is C18H23FN4O2S. The zero-order chi connectivity index (χ0) is 19.0. The van der Waals surface area contributed by atoms with Crippen molar-refractivity contribution in [3.63, 3.8) is 0 Å². The largest absolute Gasteiger partial charge is 0.356 e. The number of pyridine rings is 1. The van der Waals surface area contributed by atoms with E-state index in [2.05, 4.69) is 20.6 Å². The van der Waals surface area contributed by atoms with E-state index in [1.54, 1.807) is 13.2 Å². The fraction of sp³-hybridized carbons (Fsp3) is 0.333. The minimum Gasteiger partial charge on any atom is -0.356 e. The van der Waals surface area contributed by atoms with Gasteiger partial charge in [0.05, 0.1) is 5.75 Å². The number of halogens is 1. The van der Waals surface area contributed by atoms with Gasteiger partial charge in [0.1, 0.15) is 5.82 Å². The molecule has 1 heterocycles. The summed E-state index contributed by atoms with van der Waals surface area (Å²) in [6.07, 6.45) is 5.48. The smallest absolute Gasteiger partial charge is 0.191 e. The molecule has 2 aromatic rings. The van der Waals surface area contributed by atoms with Crippen molar-refractivity contribution in [2.45, 2.75) is 18.7 Å². The molecule has 140 valence electrons. The number of nitrogens with zero attached hydrogens (tertiary/aromatic N) is 2. The third-order valence-electron chi connectivity index (χ3n) is 3.68. The van der Waals surface area contributed by atoms with E-state index in [9.17, 15) is 12.8 Å². The predicted octanol–water partition coefficient (Wildman–Crippen LogP) is 1.67. The van der Waals surface area contributed by atoms with Gasteiger partial charge in [-0.05, 0) is 41.3 Å². The van der Waals surface area contributed by atoms with Gasteiger partial charge in [0.25, 0.3) is 0 Å². The Morgan fingerprint density at radius 2 is 2.04 bits per heavy atom. The van der Waals surface area contributed by atoms with E-state index in [-0.39, 0.29) is 12.3 Å². The second-order valence-electron chi connectivity index (χ2n) is 5.95. The van der Waals surface area contributed by atoms with Crippen LogP contribution in [0, 0.1) is 5.82 Å². The number of hydrogen-bond donors (Lipinski definition) is 2. The molecule has 0 amide bonds. The molecule has 0 bridgehead atoms. The summed E-state index contributed by atoms with van der Waals surface area (Å²) < 4.78 is 36.7. The number of hydrogen-bond acceptors (Lipinski definition) is 4. The molecule has 1 aromatic carbocycles. The molecule has 0 unspecified atom stereocenters. The van der Waals surface area contributed by atoms with Crippen molar-refractivity contribution in [3.05, 3.63) is 65.2 Å². The van der Waals surface area contributed by atoms with Crippen LogP contribution in [0.1, 0.15) is 16.7 Å². The first kappa shape index (κ1) is 19.8. The van der Waals surface area contributed by atoms with Crippen LogP contribution in [0.25, 0.3) is 0 Å². The van der Waals surface area contributed by atoms with Gasteiger partial charge in [0.2, 0.25) is 0 Å². The van der Waals surface area contributed by atoms with E-state index in [0.29, 0.717) is 23.6 Å². The van der Waals surface area contributed by atoms with Crippen LogP contribution in [0.15, 0.2) is 47.7 Å². The molecule has 2 rings (SSSR count). The van der Waals surface area contributed by atoms with Gasteiger partial charge in [0, 0.05) is 38.8 Å². The molecule has 0 aliphatic rings. The van der Waals surface area contributed by atoms with Gasteiger partial charge in [-0.1, -0.05) is 12.1 Å². The topological polar surface area (TPSA) is 83.4 Å². The molecule has 0 atom stereocenters. The number of aliphatic imine (C=N–C) groups is 1. The van der Waals surface area contributed by atoms with E-state index in [0.717, 1.165) is 18.2 Å². The Morgan fingerprint density at radius 3 is 2.69 bits per heavy atom. The van der Waals surface area contributed by atoms with Crippen LogP contribution in [0.2, 0.25) is 0 Å². The fourth-order valence-electron chi connectivity index (χ4n) is 2.45. The minimum absolute atomic E-state index is 0.128. The molecule has 2 N–H and O–H groups in total. The van der Waals surface area contributed by atoms with Gasteiger partial charge in [-0.3, -0.25) is 9.98 Å². The summed E-state index contributed by atoms with van der Waals surface area (Å²) in [6.45, 7) is 0.930. The average Bonchev–Trinajstić information content (AvgIpc) is 2.60. The Hall–Kier alpha value is -2.48. The predicted molar refractivity (Wildman–Crippen MR) is 101 cm³/mol. The minimum atomic E-state index is -3.20. The van der Waals surface area contributed by atoms with E-state index in [1.807, 2.05) is 18.3 Å². The Balaban J connectivity index is 1.94. The van der Waals surface area contributed by atoms with E-state index in [4.69, 9.17) is 0 Å². The highest BCUT2D eigenvalue weighted by molar-refractivity contribution is 7.89. The first-order valence-electron chi connectivity index (χ1n) is 8.16. The van der Waals surface area contributed by atoms with Gasteiger partial charge in [-0.15, -0.1) is 0 Å². The standard InChI is InChI=1S/C18H23FN4O2S/c1-20-18(22-9-7-14-4-3-8-21-11-14)23-12-16-10-17(19)6-5-15(16)13-26(2,24)25/h3-6,8,10-11H,7,9,12-13H2,1-2H3,(H2,20,22,23). The molecule has 26 heavy (non-hydrogen) atoms. The second kappa shape index (κ2) is 9.28. The molecule has 0 saturated carbocycles. The molecule has 0 fully saturated rings. The van der Waals surface area contributed by atoms with Crippen LogP contribution in [0.4, 0.5) is 4.39 Å². The van der Waals surface area contributed by atoms with Gasteiger partial charge in [-0.25, -0.2) is 12.8 Å². The van der Waals surface area contributed by atoms with Crippen LogP contribution in [0.5, 0.6) is 0 Å². The second-order valence-corrected chi connectivity index (χ2v) is 8.09. The maximum Gasteiger partial charge on any atom is 0.191 e. The Kier molecular flexibility index (Phi) is 7.08. The van der Waals surface area contributed by atoms with Crippen LogP contribution in [0.3, 0.4) is 0 Å². The lowest BCUT2D eigenvalue weighted by molar-refractivity contribution is 0.599. The highest BCUT2D eigenvalue weighted by Gasteiger charge is 2.11. The third kappa shape index (κ3) is 6.79. The van der Waals surface area contributed by atoms with Crippen LogP contribution < -0.4 is 10.6 Å². The van der Waals surface area contributed by atoms with E-state index < -0.39 is 15.7 Å². The van der Waals surface area contributed by atoms with Crippen LogP contribution in [-0.4, -0.2) is 39.2 Å². The average molecular weight is 378 g/mol. The highest BCUT2D eigenvalue weighted by atomic mass is 32.2. The molecule has 0 aliphatic heterocycles. The van der Waals surface area contributed by atoms with Crippen LogP contribution in [-0.2, 0) is 28.6 Å². The lowest BCUT2D eigenvalue weighted by Gasteiger charge is -2.14. The van der Waals surface area contributed by atoms with Crippen molar-refractivity contribution in [2.75, 3.05) is 19.8 Å². The number of nitrogens with one attached hydrogen (secondary N) is 2. The summed E-state index contributed by atoms with van der Waals surface area (Å²) in [4.78, 5) is 8.20. The maximum absolute atomic E-state index is 13.5. The van der Waals surface area contributed by atoms with E-state index >= 15 is 0 Å². The molecule has 0 saturated heterocycles. The van der Waals surface area contributed by atoms with Crippen LogP contribution >= 0.6 is 0 Å². The van der Waals surface area contributed by atoms with Crippen molar-refractivity contribution in [3.8, 4) is 0 Å². The Morgan fingerprint density at radius 1 is 1.23 bits per heavy atom.